The summed E-state index contributed by atoms with van der Waals surface area (Å²) in [5.41, 5.74) is 7.90. The number of amides is 1. The number of nitrogens with one attached hydrogen (secondary N) is 1. The van der Waals surface area contributed by atoms with Crippen LogP contribution in [-0.4, -0.2) is 30.0 Å². The molecule has 2 heterocycles. The molecular weight excluding hydrogens is 216 g/mol. The van der Waals surface area contributed by atoms with E-state index in [2.05, 4.69) is 15.2 Å². The first kappa shape index (κ1) is 11.9. The Labute approximate surface area is 101 Å². The molecule has 0 radical (unpaired) electrons. The number of carbonyl (C=O) groups is 1. The molecule has 5 heteroatoms. The van der Waals surface area contributed by atoms with E-state index < -0.39 is 0 Å². The van der Waals surface area contributed by atoms with Crippen molar-refractivity contribution in [3.8, 4) is 0 Å². The van der Waals surface area contributed by atoms with E-state index in [1.54, 1.807) is 13.1 Å². The normalized spacial score (nSPS) is 19.4. The van der Waals surface area contributed by atoms with E-state index in [1.807, 2.05) is 12.3 Å². The highest BCUT2D eigenvalue weighted by atomic mass is 16.1. The zero-order valence-corrected chi connectivity index (χ0v) is 10.0. The number of pyridine rings is 1. The summed E-state index contributed by atoms with van der Waals surface area (Å²) in [6.07, 6.45) is 4.57. The smallest absolute Gasteiger partial charge is 0.217 e. The summed E-state index contributed by atoms with van der Waals surface area (Å²) in [6, 6.07) is 2.18. The topological polar surface area (TPSA) is 71.2 Å². The largest absolute Gasteiger partial charge is 0.368 e. The van der Waals surface area contributed by atoms with Gasteiger partial charge in [-0.25, -0.2) is 0 Å². The summed E-state index contributed by atoms with van der Waals surface area (Å²) in [7, 11) is 0. The van der Waals surface area contributed by atoms with Crippen LogP contribution in [-0.2, 0) is 11.3 Å². The van der Waals surface area contributed by atoms with Crippen LogP contribution >= 0.6 is 0 Å². The molecule has 0 bridgehead atoms. The van der Waals surface area contributed by atoms with Gasteiger partial charge in [0.2, 0.25) is 5.91 Å². The van der Waals surface area contributed by atoms with Gasteiger partial charge < -0.3 is 16.0 Å². The maximum absolute atomic E-state index is 11.0. The number of anilines is 1. The second kappa shape index (κ2) is 5.14. The number of rotatable bonds is 3. The van der Waals surface area contributed by atoms with Gasteiger partial charge >= 0.3 is 0 Å². The third kappa shape index (κ3) is 2.74. The Morgan fingerprint density at radius 2 is 2.53 bits per heavy atom. The molecule has 92 valence electrons. The monoisotopic (exact) mass is 234 g/mol. The Morgan fingerprint density at radius 3 is 3.24 bits per heavy atom. The van der Waals surface area contributed by atoms with Gasteiger partial charge in [0.05, 0.1) is 11.9 Å². The van der Waals surface area contributed by atoms with E-state index in [0.29, 0.717) is 6.54 Å². The molecule has 3 N–H and O–H groups in total. The second-order valence-electron chi connectivity index (χ2n) is 4.34. The number of carbonyl (C=O) groups excluding carboxylic acids is 1. The van der Waals surface area contributed by atoms with Gasteiger partial charge in [-0.1, -0.05) is 0 Å². The standard InChI is InChI=1S/C12H18N4O/c1-9(17)15-11-3-5-16(8-11)12-7-14-4-2-10(12)6-13/h2,4,7,11H,3,5-6,8,13H2,1H3,(H,15,17). The minimum Gasteiger partial charge on any atom is -0.368 e. The van der Waals surface area contributed by atoms with Crippen LogP contribution in [0.2, 0.25) is 0 Å². The number of aromatic nitrogens is 1. The van der Waals surface area contributed by atoms with Gasteiger partial charge in [0, 0.05) is 38.8 Å². The lowest BCUT2D eigenvalue weighted by molar-refractivity contribution is -0.119. The maximum Gasteiger partial charge on any atom is 0.217 e. The highest BCUT2D eigenvalue weighted by molar-refractivity contribution is 5.73. The zero-order valence-electron chi connectivity index (χ0n) is 10.0. The SMILES string of the molecule is CC(=O)NC1CCN(c2cnccc2CN)C1. The van der Waals surface area contributed by atoms with E-state index in [0.717, 1.165) is 30.8 Å². The van der Waals surface area contributed by atoms with Crippen molar-refractivity contribution in [3.05, 3.63) is 24.0 Å². The van der Waals surface area contributed by atoms with Crippen molar-refractivity contribution >= 4 is 11.6 Å². The molecule has 2 rings (SSSR count). The van der Waals surface area contributed by atoms with Crippen LogP contribution in [0.3, 0.4) is 0 Å². The predicted molar refractivity (Wildman–Crippen MR) is 66.6 cm³/mol. The molecule has 1 aromatic rings. The summed E-state index contributed by atoms with van der Waals surface area (Å²) in [6.45, 7) is 3.83. The molecule has 1 unspecified atom stereocenters. The summed E-state index contributed by atoms with van der Waals surface area (Å²) in [5, 5.41) is 2.95. The molecule has 1 amide bonds. The van der Waals surface area contributed by atoms with Gasteiger partial charge in [0.25, 0.3) is 0 Å². The van der Waals surface area contributed by atoms with Crippen molar-refractivity contribution < 1.29 is 4.79 Å². The van der Waals surface area contributed by atoms with Gasteiger partial charge in [-0.05, 0) is 18.1 Å². The van der Waals surface area contributed by atoms with Crippen molar-refractivity contribution in [1.29, 1.82) is 0 Å². The molecule has 0 aromatic carbocycles. The Kier molecular flexibility index (Phi) is 3.58. The number of hydrogen-bond acceptors (Lipinski definition) is 4. The number of nitrogens with two attached hydrogens (primary N) is 1. The molecule has 1 atom stereocenters. The number of hydrogen-bond donors (Lipinski definition) is 2. The van der Waals surface area contributed by atoms with Crippen LogP contribution in [0.4, 0.5) is 5.69 Å². The second-order valence-corrected chi connectivity index (χ2v) is 4.34. The lowest BCUT2D eigenvalue weighted by Crippen LogP contribution is -2.35. The lowest BCUT2D eigenvalue weighted by atomic mass is 10.2. The van der Waals surface area contributed by atoms with Crippen molar-refractivity contribution in [2.75, 3.05) is 18.0 Å². The van der Waals surface area contributed by atoms with Crippen LogP contribution in [0.5, 0.6) is 0 Å². The summed E-state index contributed by atoms with van der Waals surface area (Å²) < 4.78 is 0. The predicted octanol–water partition coefficient (Wildman–Crippen LogP) is 0.255. The van der Waals surface area contributed by atoms with Crippen LogP contribution in [0.1, 0.15) is 18.9 Å². The molecule has 0 spiro atoms. The Hall–Kier alpha value is -1.62. The molecule has 1 fully saturated rings. The van der Waals surface area contributed by atoms with Crippen molar-refractivity contribution in [1.82, 2.24) is 10.3 Å². The van der Waals surface area contributed by atoms with Crippen LogP contribution in [0.15, 0.2) is 18.5 Å². The van der Waals surface area contributed by atoms with Gasteiger partial charge in [-0.15, -0.1) is 0 Å². The fraction of sp³-hybridized carbons (Fsp3) is 0.500. The highest BCUT2D eigenvalue weighted by Crippen LogP contribution is 2.23. The van der Waals surface area contributed by atoms with E-state index in [-0.39, 0.29) is 11.9 Å². The summed E-state index contributed by atoms with van der Waals surface area (Å²) >= 11 is 0. The number of nitrogens with zero attached hydrogens (tertiary/aromatic N) is 2. The molecule has 17 heavy (non-hydrogen) atoms. The zero-order chi connectivity index (χ0) is 12.3. The van der Waals surface area contributed by atoms with Gasteiger partial charge in [0.1, 0.15) is 0 Å². The van der Waals surface area contributed by atoms with E-state index in [1.165, 1.54) is 0 Å². The van der Waals surface area contributed by atoms with Gasteiger partial charge in [0.15, 0.2) is 0 Å². The van der Waals surface area contributed by atoms with Crippen molar-refractivity contribution in [3.63, 3.8) is 0 Å². The quantitative estimate of drug-likeness (QED) is 0.786. The molecule has 1 saturated heterocycles. The Balaban J connectivity index is 2.07. The van der Waals surface area contributed by atoms with Gasteiger partial charge in [-0.3, -0.25) is 9.78 Å². The van der Waals surface area contributed by atoms with Gasteiger partial charge in [-0.2, -0.15) is 0 Å². The van der Waals surface area contributed by atoms with Crippen LogP contribution < -0.4 is 16.0 Å². The van der Waals surface area contributed by atoms with Crippen LogP contribution in [0.25, 0.3) is 0 Å². The first-order valence-corrected chi connectivity index (χ1v) is 5.85. The molecule has 5 nitrogen and oxygen atoms in total. The highest BCUT2D eigenvalue weighted by Gasteiger charge is 2.24. The molecular formula is C12H18N4O. The molecule has 1 aliphatic heterocycles. The first-order chi connectivity index (χ1) is 8.20. The average molecular weight is 234 g/mol. The maximum atomic E-state index is 11.0. The molecule has 0 aliphatic carbocycles. The minimum atomic E-state index is 0.0297. The molecule has 1 aliphatic rings. The van der Waals surface area contributed by atoms with E-state index in [4.69, 9.17) is 5.73 Å². The van der Waals surface area contributed by atoms with Crippen molar-refractivity contribution in [2.45, 2.75) is 25.9 Å². The Bertz CT molecular complexity index is 407. The minimum absolute atomic E-state index is 0.0297. The first-order valence-electron chi connectivity index (χ1n) is 5.85. The Morgan fingerprint density at radius 1 is 1.71 bits per heavy atom. The third-order valence-electron chi connectivity index (χ3n) is 3.04. The van der Waals surface area contributed by atoms with Crippen LogP contribution in [0, 0.1) is 0 Å². The average Bonchev–Trinajstić information content (AvgIpc) is 2.76. The van der Waals surface area contributed by atoms with E-state index in [9.17, 15) is 4.79 Å². The van der Waals surface area contributed by atoms with Crippen molar-refractivity contribution in [2.24, 2.45) is 5.73 Å². The molecule has 0 saturated carbocycles. The molecule has 1 aromatic heterocycles. The third-order valence-corrected chi connectivity index (χ3v) is 3.04. The summed E-state index contributed by atoms with van der Waals surface area (Å²) in [5.74, 6) is 0.0297. The fourth-order valence-corrected chi connectivity index (χ4v) is 2.26. The fourth-order valence-electron chi connectivity index (χ4n) is 2.26. The van der Waals surface area contributed by atoms with E-state index >= 15 is 0 Å². The lowest BCUT2D eigenvalue weighted by Gasteiger charge is -2.21. The summed E-state index contributed by atoms with van der Waals surface area (Å²) in [4.78, 5) is 17.4.